The van der Waals surface area contributed by atoms with Crippen LogP contribution in [-0.2, 0) is 65.4 Å². The molecule has 0 aliphatic carbocycles. The normalized spacial score (nSPS) is 14.1. The summed E-state index contributed by atoms with van der Waals surface area (Å²) in [7, 11) is -9.90. The fourth-order valence-electron chi connectivity index (χ4n) is 11.1. The van der Waals surface area contributed by atoms with Crippen molar-refractivity contribution in [2.24, 2.45) is 11.8 Å². The quantitative estimate of drug-likeness (QED) is 0.0222. The predicted molar refractivity (Wildman–Crippen MR) is 372 cm³/mol. The summed E-state index contributed by atoms with van der Waals surface area (Å²) in [5.74, 6) is -0.627. The molecule has 0 radical (unpaired) electrons. The van der Waals surface area contributed by atoms with Gasteiger partial charge in [-0.2, -0.15) is 0 Å². The Kier molecular flexibility index (Phi) is 63.7. The van der Waals surface area contributed by atoms with E-state index in [0.717, 1.165) is 102 Å². The number of unbranched alkanes of at least 4 members (excludes halogenated alkanes) is 42. The van der Waals surface area contributed by atoms with Crippen LogP contribution in [0.15, 0.2) is 0 Å². The smallest absolute Gasteiger partial charge is 0.462 e. The van der Waals surface area contributed by atoms with Gasteiger partial charge in [-0.3, -0.25) is 37.3 Å². The van der Waals surface area contributed by atoms with Crippen molar-refractivity contribution in [1.29, 1.82) is 0 Å². The lowest BCUT2D eigenvalue weighted by atomic mass is 10.0. The molecule has 3 N–H and O–H groups in total. The molecule has 0 amide bonds. The summed E-state index contributed by atoms with van der Waals surface area (Å²) < 4.78 is 68.4. The Labute approximate surface area is 562 Å². The third kappa shape index (κ3) is 66.7. The van der Waals surface area contributed by atoms with Crippen molar-refractivity contribution in [2.75, 3.05) is 39.6 Å². The molecule has 0 bridgehead atoms. The molecular formula is C73H142O17P2. The Balaban J connectivity index is 5.24. The molecule has 0 saturated heterocycles. The van der Waals surface area contributed by atoms with Crippen molar-refractivity contribution in [3.8, 4) is 0 Å². The van der Waals surface area contributed by atoms with Crippen LogP contribution >= 0.6 is 15.6 Å². The van der Waals surface area contributed by atoms with Crippen LogP contribution in [-0.4, -0.2) is 96.7 Å². The average Bonchev–Trinajstić information content (AvgIpc) is 2.61. The zero-order valence-corrected chi connectivity index (χ0v) is 61.6. The fraction of sp³-hybridized carbons (Fsp3) is 0.945. The van der Waals surface area contributed by atoms with E-state index in [4.69, 9.17) is 37.0 Å². The van der Waals surface area contributed by atoms with E-state index in [1.807, 2.05) is 0 Å². The molecule has 5 atom stereocenters. The largest absolute Gasteiger partial charge is 0.472 e. The summed E-state index contributed by atoms with van der Waals surface area (Å²) in [6.07, 6.45) is 51.3. The van der Waals surface area contributed by atoms with E-state index in [1.54, 1.807) is 0 Å². The zero-order chi connectivity index (χ0) is 67.9. The maximum absolute atomic E-state index is 13.1. The number of carbonyl (C=O) groups is 4. The predicted octanol–water partition coefficient (Wildman–Crippen LogP) is 21.2. The van der Waals surface area contributed by atoms with E-state index in [9.17, 15) is 43.2 Å². The van der Waals surface area contributed by atoms with Crippen molar-refractivity contribution in [2.45, 2.75) is 394 Å². The summed E-state index contributed by atoms with van der Waals surface area (Å²) >= 11 is 0. The lowest BCUT2D eigenvalue weighted by Crippen LogP contribution is -2.30. The standard InChI is InChI=1S/C73H142O17P2/c1-7-9-11-13-15-17-19-20-21-24-28-31-37-43-49-55-70(75)83-61-68(89-73(78)58-52-46-39-33-29-25-22-23-27-30-35-41-47-53-65(3)4)63-87-91(79,80)85-59-67(74)60-86-92(81,82)88-64-69(62-84-71(76)56-50-44-40-34-36-42-48-54-66(5)6)90-72(77)57-51-45-38-32-26-18-16-14-12-10-8-2/h65-69,74H,7-64H2,1-6H3,(H,79,80)(H,81,82)/t67-,68-,69-/m1/s1. The molecule has 92 heavy (non-hydrogen) atoms. The van der Waals surface area contributed by atoms with Crippen LogP contribution in [0.25, 0.3) is 0 Å². The summed E-state index contributed by atoms with van der Waals surface area (Å²) in [5, 5.41) is 10.6. The van der Waals surface area contributed by atoms with Gasteiger partial charge in [0, 0.05) is 25.7 Å². The van der Waals surface area contributed by atoms with Crippen LogP contribution in [0.1, 0.15) is 375 Å². The second kappa shape index (κ2) is 65.0. The Morgan fingerprint density at radius 1 is 0.293 bits per heavy atom. The third-order valence-corrected chi connectivity index (χ3v) is 18.9. The number of phosphoric ester groups is 2. The Hall–Kier alpha value is -1.94. The Bertz CT molecular complexity index is 1790. The first-order chi connectivity index (χ1) is 44.4. The molecule has 0 aromatic rings. The van der Waals surface area contributed by atoms with Gasteiger partial charge in [0.05, 0.1) is 26.4 Å². The highest BCUT2D eigenvalue weighted by Crippen LogP contribution is 2.45. The third-order valence-electron chi connectivity index (χ3n) is 17.0. The Morgan fingerprint density at radius 2 is 0.500 bits per heavy atom. The highest BCUT2D eigenvalue weighted by molar-refractivity contribution is 7.47. The Morgan fingerprint density at radius 3 is 0.739 bits per heavy atom. The van der Waals surface area contributed by atoms with Crippen molar-refractivity contribution in [3.63, 3.8) is 0 Å². The molecule has 546 valence electrons. The van der Waals surface area contributed by atoms with E-state index >= 15 is 0 Å². The molecule has 0 aromatic carbocycles. The SMILES string of the molecule is CCCCCCCCCCCCCCCCCC(=O)OC[C@H](COP(=O)(O)OC[C@@H](O)COP(=O)(O)OC[C@@H](COC(=O)CCCCCCCCCC(C)C)OC(=O)CCCCCCCCCCCCC)OC(=O)CCCCCCCCCCCCCCCC(C)C. The van der Waals surface area contributed by atoms with Crippen LogP contribution in [0, 0.1) is 11.8 Å². The maximum atomic E-state index is 13.1. The van der Waals surface area contributed by atoms with E-state index in [1.165, 1.54) is 186 Å². The van der Waals surface area contributed by atoms with Crippen molar-refractivity contribution in [3.05, 3.63) is 0 Å². The summed E-state index contributed by atoms with van der Waals surface area (Å²) in [6.45, 7) is 9.53. The van der Waals surface area contributed by atoms with Gasteiger partial charge in [0.1, 0.15) is 19.3 Å². The lowest BCUT2D eigenvalue weighted by molar-refractivity contribution is -0.161. The molecule has 19 heteroatoms. The molecule has 0 aliphatic rings. The molecule has 2 unspecified atom stereocenters. The monoisotopic (exact) mass is 1350 g/mol. The summed E-state index contributed by atoms with van der Waals surface area (Å²) in [5.41, 5.74) is 0. The van der Waals surface area contributed by atoms with Crippen LogP contribution in [0.2, 0.25) is 0 Å². The van der Waals surface area contributed by atoms with Gasteiger partial charge in [-0.15, -0.1) is 0 Å². The number of hydrogen-bond donors (Lipinski definition) is 3. The number of aliphatic hydroxyl groups is 1. The van der Waals surface area contributed by atoms with Gasteiger partial charge in [-0.05, 0) is 37.5 Å². The van der Waals surface area contributed by atoms with Gasteiger partial charge in [0.2, 0.25) is 0 Å². The fourth-order valence-corrected chi connectivity index (χ4v) is 12.7. The molecule has 0 fully saturated rings. The van der Waals surface area contributed by atoms with Gasteiger partial charge < -0.3 is 33.8 Å². The first kappa shape index (κ1) is 90.1. The van der Waals surface area contributed by atoms with Crippen LogP contribution in [0.4, 0.5) is 0 Å². The molecule has 17 nitrogen and oxygen atoms in total. The maximum Gasteiger partial charge on any atom is 0.472 e. The molecule has 0 saturated carbocycles. The van der Waals surface area contributed by atoms with E-state index in [2.05, 4.69) is 41.5 Å². The van der Waals surface area contributed by atoms with Crippen LogP contribution < -0.4 is 0 Å². The minimum Gasteiger partial charge on any atom is -0.462 e. The highest BCUT2D eigenvalue weighted by Gasteiger charge is 2.30. The van der Waals surface area contributed by atoms with Crippen molar-refractivity contribution in [1.82, 2.24) is 0 Å². The average molecular weight is 1350 g/mol. The van der Waals surface area contributed by atoms with Gasteiger partial charge >= 0.3 is 39.5 Å². The molecule has 0 spiro atoms. The molecule has 0 rings (SSSR count). The molecule has 0 aliphatic heterocycles. The highest BCUT2D eigenvalue weighted by atomic mass is 31.2. The lowest BCUT2D eigenvalue weighted by Gasteiger charge is -2.21. The number of ether oxygens (including phenoxy) is 4. The van der Waals surface area contributed by atoms with E-state index in [-0.39, 0.29) is 25.7 Å². The summed E-state index contributed by atoms with van der Waals surface area (Å²) in [4.78, 5) is 72.7. The second-order valence-electron chi connectivity index (χ2n) is 27.3. The van der Waals surface area contributed by atoms with Gasteiger partial charge in [0.25, 0.3) is 0 Å². The van der Waals surface area contributed by atoms with E-state index in [0.29, 0.717) is 31.6 Å². The number of rotatable bonds is 72. The van der Waals surface area contributed by atoms with Crippen LogP contribution in [0.5, 0.6) is 0 Å². The van der Waals surface area contributed by atoms with Crippen molar-refractivity contribution < 1.29 is 80.2 Å². The van der Waals surface area contributed by atoms with Gasteiger partial charge in [0.15, 0.2) is 12.2 Å². The van der Waals surface area contributed by atoms with Gasteiger partial charge in [-0.25, -0.2) is 9.13 Å². The summed E-state index contributed by atoms with van der Waals surface area (Å²) in [6, 6.07) is 0. The second-order valence-corrected chi connectivity index (χ2v) is 30.2. The van der Waals surface area contributed by atoms with E-state index < -0.39 is 97.5 Å². The van der Waals surface area contributed by atoms with Crippen LogP contribution in [0.3, 0.4) is 0 Å². The number of aliphatic hydroxyl groups excluding tert-OH is 1. The molecule has 0 heterocycles. The van der Waals surface area contributed by atoms with Crippen molar-refractivity contribution >= 4 is 39.5 Å². The zero-order valence-electron chi connectivity index (χ0n) is 59.9. The topological polar surface area (TPSA) is 237 Å². The number of phosphoric acid groups is 2. The first-order valence-electron chi connectivity index (χ1n) is 38.0. The molecular weight excluding hydrogens is 1210 g/mol. The minimum atomic E-state index is -4.95. The minimum absolute atomic E-state index is 0.106. The number of hydrogen-bond acceptors (Lipinski definition) is 15. The van der Waals surface area contributed by atoms with Gasteiger partial charge in [-0.1, -0.05) is 324 Å². The number of esters is 4. The number of carbonyl (C=O) groups excluding carboxylic acids is 4. The first-order valence-corrected chi connectivity index (χ1v) is 41.0. The molecule has 0 aromatic heterocycles.